The maximum atomic E-state index is 5.16. The van der Waals surface area contributed by atoms with Gasteiger partial charge in [0.2, 0.25) is 0 Å². The molecule has 4 bridgehead atoms. The lowest BCUT2D eigenvalue weighted by molar-refractivity contribution is 0.591. The van der Waals surface area contributed by atoms with Crippen LogP contribution in [0, 0.1) is 0 Å². The van der Waals surface area contributed by atoms with Crippen molar-refractivity contribution in [3.05, 3.63) is 145 Å². The van der Waals surface area contributed by atoms with Crippen molar-refractivity contribution in [3.63, 3.8) is 0 Å². The molecule has 0 spiro atoms. The minimum atomic E-state index is 0.0119. The fourth-order valence-corrected chi connectivity index (χ4v) is 7.00. The minimum absolute atomic E-state index is 0.0119. The van der Waals surface area contributed by atoms with Gasteiger partial charge in [0.1, 0.15) is 0 Å². The number of rotatable bonds is 2. The molecule has 0 fully saturated rings. The van der Waals surface area contributed by atoms with Gasteiger partial charge in [0, 0.05) is 38.2 Å². The Balaban J connectivity index is 1.59. The van der Waals surface area contributed by atoms with E-state index in [1.165, 1.54) is 27.4 Å². The first-order chi connectivity index (χ1) is 22.9. The summed E-state index contributed by atoms with van der Waals surface area (Å²) in [5.74, 6) is 0.665. The zero-order chi connectivity index (χ0) is 31.7. The molecule has 0 saturated heterocycles. The zero-order valence-electron chi connectivity index (χ0n) is 26.6. The van der Waals surface area contributed by atoms with Gasteiger partial charge in [0.05, 0.1) is 11.0 Å². The number of fused-ring (bicyclic) bond motifs is 14. The molecule has 0 saturated carbocycles. The largest absolute Gasteiger partial charge is 0.309 e. The van der Waals surface area contributed by atoms with Gasteiger partial charge in [-0.1, -0.05) is 124 Å². The van der Waals surface area contributed by atoms with Crippen LogP contribution in [0.1, 0.15) is 26.3 Å². The van der Waals surface area contributed by atoms with E-state index in [-0.39, 0.29) is 5.41 Å². The van der Waals surface area contributed by atoms with E-state index in [2.05, 4.69) is 147 Å². The van der Waals surface area contributed by atoms with Crippen molar-refractivity contribution < 1.29 is 0 Å². The first-order valence-electron chi connectivity index (χ1n) is 16.1. The monoisotopic (exact) mass is 604 g/mol. The van der Waals surface area contributed by atoms with Crippen molar-refractivity contribution in [2.75, 3.05) is 0 Å². The maximum Gasteiger partial charge on any atom is 0.164 e. The molecule has 0 aliphatic heterocycles. The Morgan fingerprint density at radius 2 is 1.02 bits per heavy atom. The minimum Gasteiger partial charge on any atom is -0.309 e. The Hall–Kier alpha value is -5.87. The number of nitrogens with zero attached hydrogens (tertiary/aromatic N) is 4. The second-order valence-electron chi connectivity index (χ2n) is 13.3. The topological polar surface area (TPSA) is 43.6 Å². The molecular weight excluding hydrogens is 573 g/mol. The van der Waals surface area contributed by atoms with Crippen LogP contribution in [0.4, 0.5) is 0 Å². The molecule has 4 nitrogen and oxygen atoms in total. The molecular formula is C43H32N4. The normalized spacial score (nSPS) is 12.1. The van der Waals surface area contributed by atoms with Crippen LogP contribution in [-0.2, 0) is 5.41 Å². The quantitative estimate of drug-likeness (QED) is 0.197. The summed E-state index contributed by atoms with van der Waals surface area (Å²) in [6.45, 7) is 6.85. The van der Waals surface area contributed by atoms with Crippen molar-refractivity contribution in [1.29, 1.82) is 0 Å². The van der Waals surface area contributed by atoms with E-state index in [0.29, 0.717) is 17.1 Å². The molecule has 3 aromatic heterocycles. The van der Waals surface area contributed by atoms with Crippen LogP contribution in [0.15, 0.2) is 140 Å². The molecule has 0 amide bonds. The summed E-state index contributed by atoms with van der Waals surface area (Å²) in [4.78, 5) is 15.3. The van der Waals surface area contributed by atoms with Crippen molar-refractivity contribution in [2.24, 2.45) is 0 Å². The summed E-state index contributed by atoms with van der Waals surface area (Å²) in [7, 11) is 0. The van der Waals surface area contributed by atoms with Gasteiger partial charge < -0.3 is 4.57 Å². The Kier molecular flexibility index (Phi) is 6.03. The van der Waals surface area contributed by atoms with Gasteiger partial charge in [-0.3, -0.25) is 0 Å². The fourth-order valence-electron chi connectivity index (χ4n) is 7.00. The lowest BCUT2D eigenvalue weighted by atomic mass is 9.86. The number of hydrogen-bond donors (Lipinski definition) is 0. The Morgan fingerprint density at radius 1 is 0.468 bits per heavy atom. The first-order valence-corrected chi connectivity index (χ1v) is 16.1. The lowest BCUT2D eigenvalue weighted by Gasteiger charge is -2.19. The lowest BCUT2D eigenvalue weighted by Crippen LogP contribution is -2.10. The van der Waals surface area contributed by atoms with E-state index in [0.717, 1.165) is 43.6 Å². The molecule has 0 unspecified atom stereocenters. The molecule has 0 N–H and O–H groups in total. The smallest absolute Gasteiger partial charge is 0.164 e. The van der Waals surface area contributed by atoms with Gasteiger partial charge in [0.15, 0.2) is 17.1 Å². The highest BCUT2D eigenvalue weighted by atomic mass is 15.0. The Labute approximate surface area is 272 Å². The summed E-state index contributed by atoms with van der Waals surface area (Å²) in [6.07, 6.45) is 0. The molecule has 0 aliphatic carbocycles. The van der Waals surface area contributed by atoms with E-state index in [1.807, 2.05) is 18.2 Å². The molecule has 47 heavy (non-hydrogen) atoms. The molecule has 0 aliphatic rings. The maximum absolute atomic E-state index is 5.16. The zero-order valence-corrected chi connectivity index (χ0v) is 26.6. The number of para-hydroxylation sites is 1. The van der Waals surface area contributed by atoms with Crippen LogP contribution in [0.5, 0.6) is 0 Å². The summed E-state index contributed by atoms with van der Waals surface area (Å²) in [5, 5.41) is 8.89. The highest BCUT2D eigenvalue weighted by Crippen LogP contribution is 2.41. The summed E-state index contributed by atoms with van der Waals surface area (Å²) in [5.41, 5.74) is 7.10. The van der Waals surface area contributed by atoms with Crippen LogP contribution in [0.3, 0.4) is 0 Å². The molecule has 0 atom stereocenters. The second kappa shape index (κ2) is 10.3. The van der Waals surface area contributed by atoms with E-state index in [1.54, 1.807) is 0 Å². The van der Waals surface area contributed by atoms with Crippen molar-refractivity contribution in [2.45, 2.75) is 26.2 Å². The van der Waals surface area contributed by atoms with Crippen LogP contribution < -0.4 is 0 Å². The van der Waals surface area contributed by atoms with Crippen molar-refractivity contribution >= 4 is 65.4 Å². The summed E-state index contributed by atoms with van der Waals surface area (Å²) in [6, 6.07) is 49.6. The third-order valence-electron chi connectivity index (χ3n) is 9.35. The van der Waals surface area contributed by atoms with Gasteiger partial charge in [-0.2, -0.15) is 0 Å². The average Bonchev–Trinajstić information content (AvgIpc) is 3.45. The molecule has 9 aromatic rings. The van der Waals surface area contributed by atoms with Crippen LogP contribution >= 0.6 is 0 Å². The molecule has 0 radical (unpaired) electrons. The average molecular weight is 605 g/mol. The van der Waals surface area contributed by atoms with E-state index in [4.69, 9.17) is 15.0 Å². The highest BCUT2D eigenvalue weighted by molar-refractivity contribution is 6.24. The summed E-state index contributed by atoms with van der Waals surface area (Å²) < 4.78 is 2.43. The van der Waals surface area contributed by atoms with Crippen LogP contribution in [-0.4, -0.2) is 19.5 Å². The number of hydrogen-bond acceptors (Lipinski definition) is 3. The van der Waals surface area contributed by atoms with Gasteiger partial charge in [-0.05, 0) is 63.5 Å². The SMILES string of the molecule is CC(C)(C)c1ccc2c(c1)c1cc3cc(c4ccccc4c4nc(-c5ccccc5)nc(n4)c4ccccc34)c1n2-c1ccccc1. The Morgan fingerprint density at radius 3 is 1.68 bits per heavy atom. The van der Waals surface area contributed by atoms with E-state index < -0.39 is 0 Å². The van der Waals surface area contributed by atoms with Gasteiger partial charge in [-0.25, -0.2) is 15.0 Å². The van der Waals surface area contributed by atoms with E-state index >= 15 is 0 Å². The number of aromatic nitrogens is 4. The van der Waals surface area contributed by atoms with E-state index in [9.17, 15) is 0 Å². The Bertz CT molecular complexity index is 2700. The predicted octanol–water partition coefficient (Wildman–Crippen LogP) is 11.1. The third kappa shape index (κ3) is 4.40. The molecule has 3 heterocycles. The highest BCUT2D eigenvalue weighted by Gasteiger charge is 2.20. The standard InChI is InChI=1S/C43H32N4/c1-43(2,3)29-22-23-38-35(26-29)37-25-28-24-36(39(37)47(38)30-16-8-5-9-17-30)32-19-11-13-21-34(32)42-45-40(27-14-6-4-7-15-27)44-41(46-42)33-20-12-10-18-31(28)33/h4-26H,1-3H3. The summed E-state index contributed by atoms with van der Waals surface area (Å²) >= 11 is 0. The van der Waals surface area contributed by atoms with Crippen molar-refractivity contribution in [3.8, 4) is 17.1 Å². The first kappa shape index (κ1) is 27.4. The predicted molar refractivity (Wildman–Crippen MR) is 197 cm³/mol. The molecule has 4 heteroatoms. The van der Waals surface area contributed by atoms with Crippen molar-refractivity contribution in [1.82, 2.24) is 19.5 Å². The molecule has 6 aromatic carbocycles. The molecule has 224 valence electrons. The van der Waals surface area contributed by atoms with Crippen LogP contribution in [0.2, 0.25) is 0 Å². The van der Waals surface area contributed by atoms with Crippen LogP contribution in [0.25, 0.3) is 82.5 Å². The van der Waals surface area contributed by atoms with Gasteiger partial charge in [0.25, 0.3) is 0 Å². The van der Waals surface area contributed by atoms with Gasteiger partial charge >= 0.3 is 0 Å². The second-order valence-corrected chi connectivity index (χ2v) is 13.3. The third-order valence-corrected chi connectivity index (χ3v) is 9.35. The van der Waals surface area contributed by atoms with Gasteiger partial charge in [-0.15, -0.1) is 0 Å². The molecule has 9 rings (SSSR count). The number of benzene rings is 6. The fraction of sp³-hybridized carbons (Fsp3) is 0.0930.